The van der Waals surface area contributed by atoms with E-state index in [1.165, 1.54) is 33.1 Å². The summed E-state index contributed by atoms with van der Waals surface area (Å²) in [5.41, 5.74) is -5.58. The van der Waals surface area contributed by atoms with Crippen molar-refractivity contribution in [3.8, 4) is 5.75 Å². The molecule has 4 amide bonds. The average Bonchev–Trinajstić information content (AvgIpc) is 3.65. The van der Waals surface area contributed by atoms with Crippen molar-refractivity contribution < 1.29 is 64.9 Å². The third-order valence-corrected chi connectivity index (χ3v) is 18.2. The van der Waals surface area contributed by atoms with Gasteiger partial charge in [-0.3, -0.25) is 19.2 Å². The molecule has 0 bridgehead atoms. The zero-order chi connectivity index (χ0) is 59.4. The molecule has 0 spiro atoms. The van der Waals surface area contributed by atoms with Crippen LogP contribution in [0.15, 0.2) is 66.0 Å². The van der Waals surface area contributed by atoms with Gasteiger partial charge >= 0.3 is 12.4 Å². The first-order valence-electron chi connectivity index (χ1n) is 27.2. The smallest absolute Gasteiger partial charge is 0.431 e. The summed E-state index contributed by atoms with van der Waals surface area (Å²) in [5.74, 6) is -3.58. The number of halogens is 9. The van der Waals surface area contributed by atoms with Gasteiger partial charge in [-0.25, -0.2) is 4.39 Å². The molecule has 8 rings (SSSR count). The number of hydrogen-bond donors (Lipinski definition) is 2. The van der Waals surface area contributed by atoms with Gasteiger partial charge in [0.2, 0.25) is 0 Å². The van der Waals surface area contributed by atoms with Crippen LogP contribution in [0.4, 0.5) is 42.1 Å². The van der Waals surface area contributed by atoms with Crippen molar-refractivity contribution in [2.45, 2.75) is 94.7 Å². The Morgan fingerprint density at radius 2 is 0.988 bits per heavy atom. The summed E-state index contributed by atoms with van der Waals surface area (Å²) in [7, 11) is 7.81. The third-order valence-electron chi connectivity index (χ3n) is 16.5. The number of thiophene rings is 1. The summed E-state index contributed by atoms with van der Waals surface area (Å²) in [5, 5.41) is 23.7. The fourth-order valence-electron chi connectivity index (χ4n) is 11.7. The molecule has 3 aromatic carbocycles. The Morgan fingerprint density at radius 1 is 0.605 bits per heavy atom. The molecule has 1 aromatic heterocycles. The highest BCUT2D eigenvalue weighted by Crippen LogP contribution is 2.46. The number of rotatable bonds is 13. The Kier molecular flexibility index (Phi) is 20.3. The summed E-state index contributed by atoms with van der Waals surface area (Å²) in [6.07, 6.45) is -2.60. The van der Waals surface area contributed by atoms with E-state index in [1.807, 2.05) is 24.3 Å². The predicted octanol–water partition coefficient (Wildman–Crippen LogP) is 11.2. The van der Waals surface area contributed by atoms with Gasteiger partial charge in [0.25, 0.3) is 34.8 Å². The quantitative estimate of drug-likeness (QED) is 0.125. The number of carbonyl (C=O) groups excluding carboxylic acids is 4. The molecule has 2 N–H and O–H groups in total. The monoisotopic (exact) mass is 1200 g/mol. The summed E-state index contributed by atoms with van der Waals surface area (Å²) < 4.78 is 104. The highest BCUT2D eigenvalue weighted by Gasteiger charge is 2.64. The Morgan fingerprint density at radius 3 is 1.32 bits per heavy atom. The van der Waals surface area contributed by atoms with E-state index in [4.69, 9.17) is 27.9 Å². The number of anilines is 2. The van der Waals surface area contributed by atoms with E-state index in [0.717, 1.165) is 118 Å². The molecule has 23 heteroatoms. The van der Waals surface area contributed by atoms with E-state index < -0.39 is 52.5 Å². The topological polar surface area (TPSA) is 137 Å². The van der Waals surface area contributed by atoms with Crippen LogP contribution in [-0.4, -0.2) is 153 Å². The van der Waals surface area contributed by atoms with Gasteiger partial charge in [-0.1, -0.05) is 35.3 Å². The van der Waals surface area contributed by atoms with Gasteiger partial charge in [0.1, 0.15) is 0 Å². The Labute approximate surface area is 482 Å². The fourth-order valence-corrected chi connectivity index (χ4v) is 13.2. The van der Waals surface area contributed by atoms with Crippen LogP contribution in [0, 0.1) is 36.4 Å². The van der Waals surface area contributed by atoms with Crippen molar-refractivity contribution >= 4 is 69.5 Å². The van der Waals surface area contributed by atoms with Crippen LogP contribution in [0.1, 0.15) is 101 Å². The molecule has 4 saturated heterocycles. The maximum atomic E-state index is 14.8. The number of nitrogens with zero attached hydrogens (tertiary/aromatic N) is 6. The van der Waals surface area contributed by atoms with E-state index >= 15 is 0 Å². The molecule has 5 heterocycles. The van der Waals surface area contributed by atoms with Gasteiger partial charge < -0.3 is 44.3 Å². The molecule has 4 aliphatic heterocycles. The van der Waals surface area contributed by atoms with Crippen molar-refractivity contribution in [3.63, 3.8) is 0 Å². The van der Waals surface area contributed by atoms with E-state index in [1.54, 1.807) is 40.3 Å². The number of likely N-dealkylation sites (tertiary alicyclic amines) is 2. The predicted molar refractivity (Wildman–Crippen MR) is 299 cm³/mol. The number of aliphatic hydroxyl groups is 2. The Hall–Kier alpha value is -5.35. The Balaban J connectivity index is 0.000000234. The van der Waals surface area contributed by atoms with Gasteiger partial charge in [-0.2, -0.15) is 26.3 Å². The van der Waals surface area contributed by atoms with Crippen molar-refractivity contribution in [2.75, 3.05) is 97.5 Å². The van der Waals surface area contributed by atoms with Gasteiger partial charge in [0.15, 0.2) is 11.6 Å². The van der Waals surface area contributed by atoms with Crippen LogP contribution in [0.5, 0.6) is 5.75 Å². The van der Waals surface area contributed by atoms with Crippen molar-refractivity contribution in [1.82, 2.24) is 19.6 Å². The number of amides is 4. The molecule has 0 saturated carbocycles. The lowest BCUT2D eigenvalue weighted by molar-refractivity contribution is -0.263. The van der Waals surface area contributed by atoms with Crippen molar-refractivity contribution in [2.24, 2.45) is 23.7 Å². The number of piperidine rings is 4. The average molecular weight is 1200 g/mol. The SMILES string of the molecule is COc1cccc(C(O)(C(=O)N2CCC(CC3CCN(c4ccc(C(=O)N(C)C)c(Cl)c4)CC3)CC2)C(F)(F)F)c1F.Cc1ccsc1C(O)(C(=O)N1CCC(CC2CCN(c3ccc(C(=O)N(C)C)c(Cl)c3)CC2)CC1)C(F)(F)F. The molecular formula is C58H71Cl2F7N6O7S. The minimum Gasteiger partial charge on any atom is -0.494 e. The summed E-state index contributed by atoms with van der Waals surface area (Å²) in [6, 6.07) is 15.4. The number of carbonyl (C=O) groups is 4. The van der Waals surface area contributed by atoms with Crippen LogP contribution >= 0.6 is 34.5 Å². The minimum atomic E-state index is -5.44. The number of alkyl halides is 6. The minimum absolute atomic E-state index is 0.0445. The number of methoxy groups -OCH3 is 1. The lowest BCUT2D eigenvalue weighted by Gasteiger charge is -2.40. The molecule has 444 valence electrons. The van der Waals surface area contributed by atoms with Crippen molar-refractivity contribution in [1.29, 1.82) is 0 Å². The molecule has 2 atom stereocenters. The van der Waals surface area contributed by atoms with Crippen LogP contribution in [0.25, 0.3) is 0 Å². The van der Waals surface area contributed by atoms with Crippen LogP contribution in [0.2, 0.25) is 10.0 Å². The second-order valence-electron chi connectivity index (χ2n) is 22.2. The first kappa shape index (κ1) is 63.2. The normalized spacial score (nSPS) is 18.8. The molecule has 2 unspecified atom stereocenters. The second-order valence-corrected chi connectivity index (χ2v) is 23.9. The number of benzene rings is 3. The van der Waals surface area contributed by atoms with Gasteiger partial charge in [0.05, 0.1) is 33.2 Å². The van der Waals surface area contributed by atoms with Gasteiger partial charge in [-0.05, 0) is 154 Å². The molecule has 13 nitrogen and oxygen atoms in total. The molecule has 4 aromatic rings. The largest absolute Gasteiger partial charge is 0.494 e. The Bertz CT molecular complexity index is 2860. The highest BCUT2D eigenvalue weighted by molar-refractivity contribution is 7.10. The van der Waals surface area contributed by atoms with Gasteiger partial charge in [-0.15, -0.1) is 11.3 Å². The summed E-state index contributed by atoms with van der Waals surface area (Å²) >= 11 is 13.5. The van der Waals surface area contributed by atoms with E-state index in [0.29, 0.717) is 64.6 Å². The number of aryl methyl sites for hydroxylation is 1. The lowest BCUT2D eigenvalue weighted by Crippen LogP contribution is -2.57. The van der Waals surface area contributed by atoms with Gasteiger partial charge in [0, 0.05) is 97.5 Å². The standard InChI is InChI=1S/C30H36ClF4N3O4.C28H35ClF3N3O3S/c1-36(2)27(39)22-8-7-21(18-24(22)31)37-13-9-19(10-14-37)17-20-11-15-38(16-12-20)28(40)29(41,30(33,34)35)23-5-4-6-25(42-3)26(23)32;1-18-10-15-39-24(18)27(38,28(30,31)32)26(37)35-13-8-20(9-14-35)16-19-6-11-34(12-7-19)21-4-5-22(23(29)17-21)25(36)33(2)3/h4-8,18-20,41H,9-17H2,1-3H3;4-5,10,15,17,19-20,38H,6-9,11-14,16H2,1-3H3. The number of ether oxygens (including phenoxy) is 1. The molecular weight excluding hydrogens is 1130 g/mol. The fraction of sp³-hybridized carbons (Fsp3) is 0.552. The number of hydrogen-bond acceptors (Lipinski definition) is 10. The zero-order valence-corrected chi connectivity index (χ0v) is 48.6. The second kappa shape index (κ2) is 26.1. The van der Waals surface area contributed by atoms with E-state index in [9.17, 15) is 60.1 Å². The maximum Gasteiger partial charge on any atom is 0.431 e. The first-order chi connectivity index (χ1) is 38.1. The van der Waals surface area contributed by atoms with Crippen LogP contribution in [-0.2, 0) is 20.8 Å². The first-order valence-corrected chi connectivity index (χ1v) is 28.8. The zero-order valence-electron chi connectivity index (χ0n) is 46.3. The van der Waals surface area contributed by atoms with Crippen LogP contribution < -0.4 is 14.5 Å². The highest BCUT2D eigenvalue weighted by atomic mass is 35.5. The molecule has 0 aliphatic carbocycles. The lowest BCUT2D eigenvalue weighted by atomic mass is 9.82. The van der Waals surface area contributed by atoms with Crippen LogP contribution in [0.3, 0.4) is 0 Å². The summed E-state index contributed by atoms with van der Waals surface area (Å²) in [6.45, 7) is 5.32. The molecule has 81 heavy (non-hydrogen) atoms. The van der Waals surface area contributed by atoms with E-state index in [2.05, 4.69) is 9.80 Å². The third kappa shape index (κ3) is 13.9. The molecule has 4 aliphatic rings. The maximum absolute atomic E-state index is 14.8. The van der Waals surface area contributed by atoms with Crippen molar-refractivity contribution in [3.05, 3.63) is 109 Å². The molecule has 0 radical (unpaired) electrons. The molecule has 4 fully saturated rings. The summed E-state index contributed by atoms with van der Waals surface area (Å²) in [4.78, 5) is 59.9. The van der Waals surface area contributed by atoms with E-state index in [-0.39, 0.29) is 54.4 Å².